The first-order valence-electron chi connectivity index (χ1n) is 6.55. The van der Waals surface area contributed by atoms with Crippen molar-refractivity contribution in [3.8, 4) is 5.75 Å². The molecule has 1 aromatic carbocycles. The van der Waals surface area contributed by atoms with Gasteiger partial charge in [-0.15, -0.1) is 0 Å². The van der Waals surface area contributed by atoms with E-state index in [0.29, 0.717) is 11.3 Å². The van der Waals surface area contributed by atoms with Crippen molar-refractivity contribution in [1.82, 2.24) is 5.32 Å². The molecule has 0 saturated heterocycles. The lowest BCUT2D eigenvalue weighted by Crippen LogP contribution is -2.25. The Hall–Kier alpha value is -0.670. The molecule has 2 unspecified atom stereocenters. The third-order valence-electron chi connectivity index (χ3n) is 2.87. The van der Waals surface area contributed by atoms with Crippen LogP contribution in [0.2, 0.25) is 0 Å². The average molecular weight is 267 g/mol. The quantitative estimate of drug-likeness (QED) is 0.810. The van der Waals surface area contributed by atoms with Crippen LogP contribution in [0.15, 0.2) is 24.3 Å². The fourth-order valence-corrected chi connectivity index (χ4v) is 1.91. The van der Waals surface area contributed by atoms with Crippen LogP contribution in [-0.2, 0) is 0 Å². The highest BCUT2D eigenvalue weighted by Crippen LogP contribution is 2.18. The first kappa shape index (κ1) is 15.4. The van der Waals surface area contributed by atoms with Crippen molar-refractivity contribution in [2.45, 2.75) is 45.1 Å². The molecule has 1 N–H and O–H groups in total. The number of rotatable bonds is 7. The Morgan fingerprint density at radius 1 is 1.11 bits per heavy atom. The maximum atomic E-state index is 5.64. The van der Waals surface area contributed by atoms with E-state index in [0.717, 1.165) is 12.3 Å². The number of hydrogen-bond acceptors (Lipinski definition) is 3. The van der Waals surface area contributed by atoms with Gasteiger partial charge in [0.1, 0.15) is 5.75 Å². The van der Waals surface area contributed by atoms with Gasteiger partial charge in [-0.05, 0) is 44.7 Å². The van der Waals surface area contributed by atoms with Gasteiger partial charge in [-0.1, -0.05) is 19.1 Å². The van der Waals surface area contributed by atoms with Crippen molar-refractivity contribution >= 4 is 11.8 Å². The van der Waals surface area contributed by atoms with Gasteiger partial charge in [0.15, 0.2) is 0 Å². The van der Waals surface area contributed by atoms with Gasteiger partial charge in [-0.3, -0.25) is 0 Å². The smallest absolute Gasteiger partial charge is 0.119 e. The van der Waals surface area contributed by atoms with Crippen molar-refractivity contribution in [2.24, 2.45) is 0 Å². The molecule has 0 radical (unpaired) electrons. The van der Waals surface area contributed by atoms with E-state index < -0.39 is 0 Å². The highest BCUT2D eigenvalue weighted by molar-refractivity contribution is 7.99. The lowest BCUT2D eigenvalue weighted by Gasteiger charge is -2.17. The zero-order valence-electron chi connectivity index (χ0n) is 12.1. The Balaban J connectivity index is 2.50. The summed E-state index contributed by atoms with van der Waals surface area (Å²) in [7, 11) is 0. The minimum atomic E-state index is 0.230. The molecule has 18 heavy (non-hydrogen) atoms. The minimum Gasteiger partial charge on any atom is -0.491 e. The Labute approximate surface area is 116 Å². The Bertz CT molecular complexity index is 337. The molecule has 0 aliphatic rings. The van der Waals surface area contributed by atoms with E-state index in [1.54, 1.807) is 0 Å². The van der Waals surface area contributed by atoms with Crippen molar-refractivity contribution < 1.29 is 4.74 Å². The molecular formula is C15H25NOS. The summed E-state index contributed by atoms with van der Waals surface area (Å²) in [4.78, 5) is 0. The molecule has 3 heteroatoms. The standard InChI is InChI=1S/C15H25NOS/c1-11(2)17-15-8-6-14(7-9-15)13(4)16-10-12(3)18-5/h6-9,11-13,16H,10H2,1-5H3. The molecule has 0 aliphatic carbocycles. The molecule has 0 aliphatic heterocycles. The van der Waals surface area contributed by atoms with Crippen molar-refractivity contribution in [1.29, 1.82) is 0 Å². The minimum absolute atomic E-state index is 0.230. The second-order valence-corrected chi connectivity index (χ2v) is 6.19. The second-order valence-electron chi connectivity index (χ2n) is 4.91. The van der Waals surface area contributed by atoms with Gasteiger partial charge >= 0.3 is 0 Å². The molecule has 0 fully saturated rings. The van der Waals surface area contributed by atoms with Gasteiger partial charge < -0.3 is 10.1 Å². The molecule has 0 aromatic heterocycles. The summed E-state index contributed by atoms with van der Waals surface area (Å²) in [6.45, 7) is 9.56. The lowest BCUT2D eigenvalue weighted by molar-refractivity contribution is 0.242. The van der Waals surface area contributed by atoms with E-state index >= 15 is 0 Å². The van der Waals surface area contributed by atoms with Crippen molar-refractivity contribution in [3.63, 3.8) is 0 Å². The summed E-state index contributed by atoms with van der Waals surface area (Å²) < 4.78 is 5.64. The number of nitrogens with one attached hydrogen (secondary N) is 1. The summed E-state index contributed by atoms with van der Waals surface area (Å²) >= 11 is 1.89. The average Bonchev–Trinajstić information content (AvgIpc) is 2.35. The molecule has 0 heterocycles. The van der Waals surface area contributed by atoms with Gasteiger partial charge in [0.25, 0.3) is 0 Å². The molecule has 102 valence electrons. The summed E-state index contributed by atoms with van der Waals surface area (Å²) in [5.41, 5.74) is 1.31. The predicted octanol–water partition coefficient (Wildman–Crippen LogP) is 3.88. The first-order chi connectivity index (χ1) is 8.52. The molecule has 1 aromatic rings. The summed E-state index contributed by atoms with van der Waals surface area (Å²) in [6.07, 6.45) is 2.38. The maximum absolute atomic E-state index is 5.64. The van der Waals surface area contributed by atoms with Gasteiger partial charge in [0, 0.05) is 17.8 Å². The largest absolute Gasteiger partial charge is 0.491 e. The Morgan fingerprint density at radius 2 is 1.72 bits per heavy atom. The van der Waals surface area contributed by atoms with Crippen molar-refractivity contribution in [2.75, 3.05) is 12.8 Å². The van der Waals surface area contributed by atoms with E-state index in [2.05, 4.69) is 37.6 Å². The van der Waals surface area contributed by atoms with Gasteiger partial charge in [-0.2, -0.15) is 11.8 Å². The van der Waals surface area contributed by atoms with Crippen LogP contribution in [0.3, 0.4) is 0 Å². The summed E-state index contributed by atoms with van der Waals surface area (Å²) in [5.74, 6) is 0.943. The third kappa shape index (κ3) is 5.32. The monoisotopic (exact) mass is 267 g/mol. The van der Waals surface area contributed by atoms with Crippen LogP contribution in [0, 0.1) is 0 Å². The molecule has 0 amide bonds. The Kier molecular flexibility index (Phi) is 6.58. The zero-order chi connectivity index (χ0) is 13.5. The van der Waals surface area contributed by atoms with Gasteiger partial charge in [-0.25, -0.2) is 0 Å². The normalized spacial score (nSPS) is 14.6. The molecule has 0 saturated carbocycles. The maximum Gasteiger partial charge on any atom is 0.119 e. The number of benzene rings is 1. The molecule has 1 rings (SSSR count). The number of hydrogen-bond donors (Lipinski definition) is 1. The van der Waals surface area contributed by atoms with Crippen LogP contribution < -0.4 is 10.1 Å². The predicted molar refractivity (Wildman–Crippen MR) is 81.6 cm³/mol. The highest BCUT2D eigenvalue weighted by atomic mass is 32.2. The van der Waals surface area contributed by atoms with Crippen LogP contribution in [-0.4, -0.2) is 24.2 Å². The first-order valence-corrected chi connectivity index (χ1v) is 7.84. The number of ether oxygens (including phenoxy) is 1. The van der Waals surface area contributed by atoms with E-state index in [-0.39, 0.29) is 6.10 Å². The fraction of sp³-hybridized carbons (Fsp3) is 0.600. The molecular weight excluding hydrogens is 242 g/mol. The molecule has 2 nitrogen and oxygen atoms in total. The fourth-order valence-electron chi connectivity index (χ4n) is 1.65. The summed E-state index contributed by atoms with van der Waals surface area (Å²) in [6, 6.07) is 8.75. The molecule has 0 bridgehead atoms. The Morgan fingerprint density at radius 3 is 2.22 bits per heavy atom. The van der Waals surface area contributed by atoms with Crippen LogP contribution in [0.1, 0.15) is 39.3 Å². The number of thioether (sulfide) groups is 1. The van der Waals surface area contributed by atoms with E-state index in [1.165, 1.54) is 5.56 Å². The topological polar surface area (TPSA) is 21.3 Å². The van der Waals surface area contributed by atoms with Crippen LogP contribution in [0.5, 0.6) is 5.75 Å². The summed E-state index contributed by atoms with van der Waals surface area (Å²) in [5, 5.41) is 4.20. The lowest BCUT2D eigenvalue weighted by atomic mass is 10.1. The molecule has 0 spiro atoms. The second kappa shape index (κ2) is 7.70. The highest BCUT2D eigenvalue weighted by Gasteiger charge is 2.07. The molecule has 2 atom stereocenters. The SMILES string of the molecule is CSC(C)CNC(C)c1ccc(OC(C)C)cc1. The zero-order valence-corrected chi connectivity index (χ0v) is 12.9. The van der Waals surface area contributed by atoms with E-state index in [4.69, 9.17) is 4.74 Å². The van der Waals surface area contributed by atoms with Crippen LogP contribution >= 0.6 is 11.8 Å². The van der Waals surface area contributed by atoms with E-state index in [9.17, 15) is 0 Å². The van der Waals surface area contributed by atoms with Crippen LogP contribution in [0.4, 0.5) is 0 Å². The van der Waals surface area contributed by atoms with Crippen molar-refractivity contribution in [3.05, 3.63) is 29.8 Å². The van der Waals surface area contributed by atoms with Crippen LogP contribution in [0.25, 0.3) is 0 Å². The third-order valence-corrected chi connectivity index (χ3v) is 3.84. The van der Waals surface area contributed by atoms with E-state index in [1.807, 2.05) is 37.7 Å². The van der Waals surface area contributed by atoms with Gasteiger partial charge in [0.2, 0.25) is 0 Å². The van der Waals surface area contributed by atoms with Gasteiger partial charge in [0.05, 0.1) is 6.10 Å².